The first kappa shape index (κ1) is 25.6. The van der Waals surface area contributed by atoms with Crippen molar-refractivity contribution in [3.8, 4) is 17.0 Å². The molecular weight excluding hydrogens is 416 g/mol. The van der Waals surface area contributed by atoms with Gasteiger partial charge in [-0.1, -0.05) is 32.9 Å². The number of nitrogens with zero attached hydrogens (tertiary/aromatic N) is 3. The van der Waals surface area contributed by atoms with Crippen molar-refractivity contribution in [2.75, 3.05) is 24.3 Å². The summed E-state index contributed by atoms with van der Waals surface area (Å²) in [7, 11) is 1.57. The third-order valence-electron chi connectivity index (χ3n) is 5.04. The summed E-state index contributed by atoms with van der Waals surface area (Å²) in [5, 5.41) is 9.01. The molecule has 2 aromatic heterocycles. The van der Waals surface area contributed by atoms with Gasteiger partial charge in [-0.15, -0.1) is 0 Å². The van der Waals surface area contributed by atoms with E-state index in [0.29, 0.717) is 29.5 Å². The second kappa shape index (κ2) is 12.4. The zero-order valence-electron chi connectivity index (χ0n) is 19.0. The Morgan fingerprint density at radius 3 is 2.70 bits per heavy atom. The molecule has 2 amide bonds. The van der Waals surface area contributed by atoms with E-state index in [2.05, 4.69) is 38.9 Å². The Hall–Kier alpha value is -3.68. The fourth-order valence-electron chi connectivity index (χ4n) is 3.49. The molecule has 33 heavy (non-hydrogen) atoms. The number of hydrogen-bond donors (Lipinski definition) is 3. The number of pyridine rings is 1. The lowest BCUT2D eigenvalue weighted by Crippen LogP contribution is -2.28. The molecule has 2 heterocycles. The molecule has 0 radical (unpaired) electrons. The molecule has 3 N–H and O–H groups in total. The molecule has 8 heteroatoms. The van der Waals surface area contributed by atoms with Gasteiger partial charge in [-0.05, 0) is 44.0 Å². The number of aromatic nitrogens is 3. The maximum atomic E-state index is 11.9. The van der Waals surface area contributed by atoms with Gasteiger partial charge in [0.25, 0.3) is 0 Å². The van der Waals surface area contributed by atoms with E-state index in [9.17, 15) is 4.79 Å². The maximum Gasteiger partial charge on any atom is 0.319 e. The van der Waals surface area contributed by atoms with Crippen LogP contribution in [0.2, 0.25) is 0 Å². The van der Waals surface area contributed by atoms with E-state index in [1.807, 2.05) is 32.0 Å². The van der Waals surface area contributed by atoms with E-state index in [-0.39, 0.29) is 19.5 Å². The number of urea groups is 1. The number of aryl methyl sites for hydroxylation is 1. The van der Waals surface area contributed by atoms with Crippen LogP contribution in [0.5, 0.6) is 5.75 Å². The first-order valence-electron chi connectivity index (χ1n) is 10.8. The fourth-order valence-corrected chi connectivity index (χ4v) is 3.49. The van der Waals surface area contributed by atoms with Crippen LogP contribution < -0.4 is 20.7 Å². The van der Waals surface area contributed by atoms with Crippen molar-refractivity contribution in [2.45, 2.75) is 47.1 Å². The van der Waals surface area contributed by atoms with Gasteiger partial charge in [0.15, 0.2) is 0 Å². The van der Waals surface area contributed by atoms with Crippen molar-refractivity contribution in [3.63, 3.8) is 0 Å². The van der Waals surface area contributed by atoms with Gasteiger partial charge in [-0.2, -0.15) is 0 Å². The van der Waals surface area contributed by atoms with Crippen LogP contribution in [0.1, 0.15) is 51.4 Å². The van der Waals surface area contributed by atoms with Crippen LogP contribution >= 0.6 is 0 Å². The minimum atomic E-state index is -0.280. The number of anilines is 2. The van der Waals surface area contributed by atoms with Crippen LogP contribution in [0.25, 0.3) is 11.3 Å². The van der Waals surface area contributed by atoms with E-state index >= 15 is 0 Å². The smallest absolute Gasteiger partial charge is 0.319 e. The molecule has 0 fully saturated rings. The third-order valence-corrected chi connectivity index (χ3v) is 5.04. The van der Waals surface area contributed by atoms with Crippen molar-refractivity contribution < 1.29 is 9.53 Å². The molecule has 3 rings (SSSR count). The largest absolute Gasteiger partial charge is 0.495 e. The zero-order chi connectivity index (χ0) is 22.9. The van der Waals surface area contributed by atoms with Gasteiger partial charge >= 0.3 is 6.03 Å². The first-order valence-corrected chi connectivity index (χ1v) is 10.8. The molecule has 0 spiro atoms. The highest BCUT2D eigenvalue weighted by atomic mass is 16.5. The van der Waals surface area contributed by atoms with Gasteiger partial charge in [0.2, 0.25) is 0 Å². The first-order chi connectivity index (χ1) is 15.5. The predicted molar refractivity (Wildman–Crippen MR) is 134 cm³/mol. The van der Waals surface area contributed by atoms with Crippen molar-refractivity contribution in [1.82, 2.24) is 20.3 Å². The maximum absolute atomic E-state index is 11.9. The predicted octanol–water partition coefficient (Wildman–Crippen LogP) is 5.59. The molecule has 3 aromatic rings. The molecule has 0 bridgehead atoms. The highest BCUT2D eigenvalue weighted by Gasteiger charge is 2.15. The highest BCUT2D eigenvalue weighted by molar-refractivity contribution is 5.91. The average Bonchev–Trinajstić information content (AvgIpc) is 2.80. The van der Waals surface area contributed by atoms with Crippen LogP contribution in [-0.2, 0) is 0 Å². The van der Waals surface area contributed by atoms with Crippen LogP contribution in [0.3, 0.4) is 0 Å². The molecule has 176 valence electrons. The lowest BCUT2D eigenvalue weighted by Gasteiger charge is -2.20. The number of methoxy groups -OCH3 is 1. The van der Waals surface area contributed by atoms with Gasteiger partial charge in [-0.25, -0.2) is 9.78 Å². The Morgan fingerprint density at radius 2 is 2.00 bits per heavy atom. The number of amides is 2. The molecule has 1 aromatic carbocycles. The van der Waals surface area contributed by atoms with E-state index in [0.717, 1.165) is 29.7 Å². The topological polar surface area (TPSA) is 101 Å². The Kier molecular flexibility index (Phi) is 9.60. The van der Waals surface area contributed by atoms with Crippen molar-refractivity contribution in [2.24, 2.45) is 0 Å². The second-order valence-electron chi connectivity index (χ2n) is 7.35. The molecule has 0 saturated heterocycles. The molecule has 1 atom stereocenters. The summed E-state index contributed by atoms with van der Waals surface area (Å²) in [6, 6.07) is 9.38. The Labute approximate surface area is 196 Å². The zero-order valence-corrected chi connectivity index (χ0v) is 19.0. The standard InChI is InChI=1S/C24H30N6O2.CH4/c1-5-8-19(18-9-7-12-27-16(18)3)28-23-15-25-14-21(29-23)17-10-11-20(22(13-17)32-4)30-24(31)26-6-2;/h7,9-15,19H,5-6,8H2,1-4H3,(H,28,29)(H2,26,30,31);1H4. The number of hydrogen-bond acceptors (Lipinski definition) is 6. The van der Waals surface area contributed by atoms with Crippen molar-refractivity contribution in [1.29, 1.82) is 0 Å². The molecule has 0 aliphatic carbocycles. The normalized spacial score (nSPS) is 11.2. The number of ether oxygens (including phenoxy) is 1. The summed E-state index contributed by atoms with van der Waals surface area (Å²) < 4.78 is 5.47. The Balaban J connectivity index is 0.00000385. The Bertz CT molecular complexity index is 1060. The van der Waals surface area contributed by atoms with E-state index in [1.165, 1.54) is 0 Å². The summed E-state index contributed by atoms with van der Waals surface area (Å²) in [4.78, 5) is 25.4. The van der Waals surface area contributed by atoms with Gasteiger partial charge in [0.05, 0.1) is 36.9 Å². The lowest BCUT2D eigenvalue weighted by atomic mass is 10.0. The molecule has 0 saturated carbocycles. The minimum Gasteiger partial charge on any atom is -0.495 e. The fraction of sp³-hybridized carbons (Fsp3) is 0.360. The van der Waals surface area contributed by atoms with E-state index < -0.39 is 0 Å². The summed E-state index contributed by atoms with van der Waals surface area (Å²) >= 11 is 0. The van der Waals surface area contributed by atoms with E-state index in [1.54, 1.807) is 31.8 Å². The SMILES string of the molecule is C.CCCC(Nc1cncc(-c2ccc(NC(=O)NCC)c(OC)c2)n1)c1cccnc1C. The van der Waals surface area contributed by atoms with Gasteiger partial charge in [-0.3, -0.25) is 9.97 Å². The summed E-state index contributed by atoms with van der Waals surface area (Å²) in [5.74, 6) is 1.23. The van der Waals surface area contributed by atoms with Crippen LogP contribution in [-0.4, -0.2) is 34.6 Å². The third kappa shape index (κ3) is 6.65. The molecular formula is C25H34N6O2. The highest BCUT2D eigenvalue weighted by Crippen LogP contribution is 2.31. The lowest BCUT2D eigenvalue weighted by molar-refractivity contribution is 0.252. The molecule has 1 unspecified atom stereocenters. The van der Waals surface area contributed by atoms with Gasteiger partial charge in [0.1, 0.15) is 11.6 Å². The van der Waals surface area contributed by atoms with Crippen LogP contribution in [0, 0.1) is 6.92 Å². The summed E-state index contributed by atoms with van der Waals surface area (Å²) in [6.45, 7) is 6.58. The number of nitrogens with one attached hydrogen (secondary N) is 3. The summed E-state index contributed by atoms with van der Waals surface area (Å²) in [5.41, 5.74) is 4.28. The Morgan fingerprint density at radius 1 is 1.18 bits per heavy atom. The van der Waals surface area contributed by atoms with Crippen molar-refractivity contribution in [3.05, 3.63) is 60.2 Å². The molecule has 0 aliphatic heterocycles. The number of carbonyl (C=O) groups is 1. The second-order valence-corrected chi connectivity index (χ2v) is 7.35. The number of benzene rings is 1. The quantitative estimate of drug-likeness (QED) is 0.393. The van der Waals surface area contributed by atoms with Crippen molar-refractivity contribution >= 4 is 17.5 Å². The summed E-state index contributed by atoms with van der Waals surface area (Å²) in [6.07, 6.45) is 7.21. The average molecular weight is 451 g/mol. The van der Waals surface area contributed by atoms with Gasteiger partial charge < -0.3 is 20.7 Å². The molecule has 8 nitrogen and oxygen atoms in total. The van der Waals surface area contributed by atoms with E-state index in [4.69, 9.17) is 9.72 Å². The number of rotatable bonds is 9. The number of carbonyl (C=O) groups excluding carboxylic acids is 1. The van der Waals surface area contributed by atoms with Crippen LogP contribution in [0.15, 0.2) is 48.9 Å². The molecule has 0 aliphatic rings. The monoisotopic (exact) mass is 450 g/mol. The minimum absolute atomic E-state index is 0. The van der Waals surface area contributed by atoms with Gasteiger partial charge in [0, 0.05) is 24.0 Å². The van der Waals surface area contributed by atoms with Crippen LogP contribution in [0.4, 0.5) is 16.3 Å².